The Bertz CT molecular complexity index is 1250. The van der Waals surface area contributed by atoms with Crippen LogP contribution in [-0.4, -0.2) is 77.0 Å². The predicted molar refractivity (Wildman–Crippen MR) is 121 cm³/mol. The second kappa shape index (κ2) is 9.27. The van der Waals surface area contributed by atoms with Gasteiger partial charge in [0.2, 0.25) is 5.95 Å². The molecule has 4 rings (SSSR count). The predicted octanol–water partition coefficient (Wildman–Crippen LogP) is 2.14. The van der Waals surface area contributed by atoms with Crippen LogP contribution in [0, 0.1) is 5.82 Å². The standard InChI is InChI=1S/C19H21ClFN7O3S/c20-14-11-12(1-2-15(14)21)24-17(27-29)13-3-4-22-18-16(13)25-19(26-18)23-5-6-28-7-9-32(30,31)10-8-28/h1-4,11,29H,5-10H2,(H,24,27)(H2,22,23,25,26). The van der Waals surface area contributed by atoms with Crippen molar-refractivity contribution < 1.29 is 18.0 Å². The maximum Gasteiger partial charge on any atom is 0.202 e. The van der Waals surface area contributed by atoms with Crippen molar-refractivity contribution in [1.29, 1.82) is 0 Å². The molecule has 1 saturated heterocycles. The molecule has 0 bridgehead atoms. The Morgan fingerprint density at radius 2 is 2.09 bits per heavy atom. The zero-order valence-corrected chi connectivity index (χ0v) is 18.4. The van der Waals surface area contributed by atoms with E-state index in [0.29, 0.717) is 54.5 Å². The summed E-state index contributed by atoms with van der Waals surface area (Å²) in [4.78, 5) is 13.8. The van der Waals surface area contributed by atoms with E-state index >= 15 is 0 Å². The Morgan fingerprint density at radius 3 is 2.81 bits per heavy atom. The zero-order valence-electron chi connectivity index (χ0n) is 16.8. The Balaban J connectivity index is 1.46. The summed E-state index contributed by atoms with van der Waals surface area (Å²) >= 11 is 5.82. The fourth-order valence-electron chi connectivity index (χ4n) is 3.36. The van der Waals surface area contributed by atoms with Gasteiger partial charge < -0.3 is 20.8 Å². The van der Waals surface area contributed by atoms with E-state index in [4.69, 9.17) is 11.6 Å². The molecule has 10 nitrogen and oxygen atoms in total. The molecule has 0 radical (unpaired) electrons. The topological polar surface area (TPSA) is 136 Å². The number of hydrogen-bond acceptors (Lipinski definition) is 8. The van der Waals surface area contributed by atoms with Crippen molar-refractivity contribution >= 4 is 50.1 Å². The smallest absolute Gasteiger partial charge is 0.202 e. The number of hydrogen-bond donors (Lipinski definition) is 4. The van der Waals surface area contributed by atoms with Crippen molar-refractivity contribution in [3.63, 3.8) is 0 Å². The van der Waals surface area contributed by atoms with Gasteiger partial charge in [-0.1, -0.05) is 16.8 Å². The number of H-pyrrole nitrogens is 1. The van der Waals surface area contributed by atoms with E-state index in [1.165, 1.54) is 24.4 Å². The Morgan fingerprint density at radius 1 is 1.31 bits per heavy atom. The highest BCUT2D eigenvalue weighted by Crippen LogP contribution is 2.22. The third kappa shape index (κ3) is 5.09. The van der Waals surface area contributed by atoms with Crippen LogP contribution < -0.4 is 10.6 Å². The number of nitrogens with zero attached hydrogens (tertiary/aromatic N) is 4. The number of oxime groups is 1. The lowest BCUT2D eigenvalue weighted by atomic mass is 10.2. The van der Waals surface area contributed by atoms with E-state index < -0.39 is 15.7 Å². The fourth-order valence-corrected chi connectivity index (χ4v) is 4.81. The second-order valence-electron chi connectivity index (χ2n) is 7.27. The monoisotopic (exact) mass is 481 g/mol. The number of aromatic amines is 1. The van der Waals surface area contributed by atoms with E-state index in [9.17, 15) is 18.0 Å². The van der Waals surface area contributed by atoms with Gasteiger partial charge in [0.15, 0.2) is 21.3 Å². The number of amidine groups is 1. The minimum absolute atomic E-state index is 0.0634. The summed E-state index contributed by atoms with van der Waals surface area (Å²) in [6.45, 7) is 2.27. The van der Waals surface area contributed by atoms with Crippen LogP contribution in [0.5, 0.6) is 0 Å². The quantitative estimate of drug-likeness (QED) is 0.182. The minimum Gasteiger partial charge on any atom is -0.409 e. The summed E-state index contributed by atoms with van der Waals surface area (Å²) in [5.41, 5.74) is 1.89. The Labute approximate surface area is 188 Å². The van der Waals surface area contributed by atoms with Gasteiger partial charge in [-0.3, -0.25) is 4.90 Å². The van der Waals surface area contributed by atoms with Crippen LogP contribution >= 0.6 is 11.6 Å². The largest absolute Gasteiger partial charge is 0.409 e. The van der Waals surface area contributed by atoms with E-state index in [-0.39, 0.29) is 22.4 Å². The molecule has 1 fully saturated rings. The van der Waals surface area contributed by atoms with Crippen LogP contribution in [-0.2, 0) is 9.84 Å². The first-order valence-corrected chi connectivity index (χ1v) is 12.0. The number of rotatable bonds is 6. The lowest BCUT2D eigenvalue weighted by molar-refractivity contribution is 0.307. The molecular weight excluding hydrogens is 461 g/mol. The van der Waals surface area contributed by atoms with Crippen molar-refractivity contribution in [1.82, 2.24) is 19.9 Å². The van der Waals surface area contributed by atoms with E-state index in [2.05, 4.69) is 35.6 Å². The summed E-state index contributed by atoms with van der Waals surface area (Å²) in [7, 11) is -2.91. The molecule has 0 amide bonds. The molecule has 0 unspecified atom stereocenters. The van der Waals surface area contributed by atoms with Crippen LogP contribution in [0.1, 0.15) is 5.56 Å². The first-order chi connectivity index (χ1) is 15.3. The van der Waals surface area contributed by atoms with Gasteiger partial charge >= 0.3 is 0 Å². The van der Waals surface area contributed by atoms with Gasteiger partial charge in [0.25, 0.3) is 0 Å². The van der Waals surface area contributed by atoms with Crippen molar-refractivity contribution in [2.75, 3.05) is 48.3 Å². The van der Waals surface area contributed by atoms with Gasteiger partial charge in [0.1, 0.15) is 5.82 Å². The third-order valence-electron chi connectivity index (χ3n) is 5.09. The number of benzene rings is 1. The molecule has 1 aliphatic rings. The molecule has 170 valence electrons. The molecule has 0 aliphatic carbocycles. The molecule has 0 atom stereocenters. The zero-order chi connectivity index (χ0) is 22.7. The number of nitrogens with one attached hydrogen (secondary N) is 3. The number of sulfone groups is 1. The van der Waals surface area contributed by atoms with Crippen LogP contribution in [0.15, 0.2) is 35.6 Å². The van der Waals surface area contributed by atoms with Gasteiger partial charge in [-0.25, -0.2) is 17.8 Å². The lowest BCUT2D eigenvalue weighted by Gasteiger charge is -2.26. The molecular formula is C19H21ClFN7O3S. The average Bonchev–Trinajstić information content (AvgIpc) is 3.19. The maximum atomic E-state index is 13.4. The first-order valence-electron chi connectivity index (χ1n) is 9.80. The van der Waals surface area contributed by atoms with Crippen molar-refractivity contribution in [3.05, 3.63) is 46.9 Å². The maximum absolute atomic E-state index is 13.4. The summed E-state index contributed by atoms with van der Waals surface area (Å²) in [6, 6.07) is 5.70. The molecule has 2 aromatic heterocycles. The van der Waals surface area contributed by atoms with Crippen LogP contribution in [0.3, 0.4) is 0 Å². The molecule has 1 aliphatic heterocycles. The molecule has 3 aromatic rings. The van der Waals surface area contributed by atoms with Crippen LogP contribution in [0.25, 0.3) is 11.2 Å². The van der Waals surface area contributed by atoms with Crippen LogP contribution in [0.4, 0.5) is 16.0 Å². The second-order valence-corrected chi connectivity index (χ2v) is 9.98. The lowest BCUT2D eigenvalue weighted by Crippen LogP contribution is -2.42. The molecule has 4 N–H and O–H groups in total. The summed E-state index contributed by atoms with van der Waals surface area (Å²) in [5, 5.41) is 18.9. The number of anilines is 2. The highest BCUT2D eigenvalue weighted by atomic mass is 35.5. The van der Waals surface area contributed by atoms with Gasteiger partial charge in [-0.05, 0) is 24.3 Å². The van der Waals surface area contributed by atoms with Gasteiger partial charge in [0, 0.05) is 43.6 Å². The molecule has 0 saturated carbocycles. The third-order valence-corrected chi connectivity index (χ3v) is 6.99. The normalized spacial score (nSPS) is 16.9. The van der Waals surface area contributed by atoms with E-state index in [1.54, 1.807) is 6.07 Å². The van der Waals surface area contributed by atoms with Crippen molar-refractivity contribution in [2.45, 2.75) is 0 Å². The highest BCUT2D eigenvalue weighted by molar-refractivity contribution is 7.91. The number of pyridine rings is 1. The molecule has 0 spiro atoms. The van der Waals surface area contributed by atoms with E-state index in [0.717, 1.165) is 0 Å². The summed E-state index contributed by atoms with van der Waals surface area (Å²) in [5.74, 6) is 0.388. The fraction of sp³-hybridized carbons (Fsp3) is 0.316. The Kier molecular flexibility index (Phi) is 6.44. The van der Waals surface area contributed by atoms with Crippen molar-refractivity contribution in [2.24, 2.45) is 5.16 Å². The molecule has 32 heavy (non-hydrogen) atoms. The average molecular weight is 482 g/mol. The number of fused-ring (bicyclic) bond motifs is 1. The summed E-state index contributed by atoms with van der Waals surface area (Å²) < 4.78 is 36.5. The summed E-state index contributed by atoms with van der Waals surface area (Å²) in [6.07, 6.45) is 1.53. The van der Waals surface area contributed by atoms with Gasteiger partial charge in [0.05, 0.1) is 22.0 Å². The SMILES string of the molecule is O=S1(=O)CCN(CCNc2nc3nccc(/C(=N/O)Nc4ccc(F)c(Cl)c4)c3[nH]2)CC1. The van der Waals surface area contributed by atoms with Gasteiger partial charge in [-0.15, -0.1) is 0 Å². The molecule has 13 heteroatoms. The minimum atomic E-state index is -2.91. The highest BCUT2D eigenvalue weighted by Gasteiger charge is 2.21. The molecule has 3 heterocycles. The Hall–Kier alpha value is -2.96. The van der Waals surface area contributed by atoms with Crippen molar-refractivity contribution in [3.8, 4) is 0 Å². The number of aromatic nitrogens is 3. The molecule has 1 aromatic carbocycles. The van der Waals surface area contributed by atoms with Crippen LogP contribution in [0.2, 0.25) is 5.02 Å². The van der Waals surface area contributed by atoms with Gasteiger partial charge in [-0.2, -0.15) is 4.98 Å². The first kappa shape index (κ1) is 22.2. The number of halogens is 2. The number of imidazole rings is 1. The van der Waals surface area contributed by atoms with E-state index in [1.807, 2.05) is 0 Å².